The minimum atomic E-state index is 0.922. The highest BCUT2D eigenvalue weighted by molar-refractivity contribution is 6.14. The van der Waals surface area contributed by atoms with Crippen molar-refractivity contribution in [2.75, 3.05) is 0 Å². The molecule has 0 saturated heterocycles. The van der Waals surface area contributed by atoms with E-state index in [4.69, 9.17) is 9.97 Å². The summed E-state index contributed by atoms with van der Waals surface area (Å²) in [5.41, 5.74) is 16.0. The Balaban J connectivity index is 1.12. The average molecular weight is 752 g/mol. The van der Waals surface area contributed by atoms with E-state index in [0.29, 0.717) is 0 Å². The monoisotopic (exact) mass is 751 g/mol. The summed E-state index contributed by atoms with van der Waals surface area (Å²) in [7, 11) is 0. The lowest BCUT2D eigenvalue weighted by atomic mass is 9.89. The molecule has 0 aliphatic rings. The second kappa shape index (κ2) is 14.6. The van der Waals surface area contributed by atoms with Crippen molar-refractivity contribution in [3.05, 3.63) is 225 Å². The van der Waals surface area contributed by atoms with Crippen LogP contribution in [0.1, 0.15) is 0 Å². The van der Waals surface area contributed by atoms with Crippen molar-refractivity contribution in [3.8, 4) is 78.4 Å². The largest absolute Gasteiger partial charge is 0.299 e. The van der Waals surface area contributed by atoms with Crippen molar-refractivity contribution >= 4 is 27.2 Å². The zero-order chi connectivity index (χ0) is 39.1. The second-order valence-corrected chi connectivity index (χ2v) is 15.0. The number of nitrogens with zero attached hydrogens (tertiary/aromatic N) is 3. The van der Waals surface area contributed by atoms with Crippen LogP contribution >= 0.6 is 0 Å². The zero-order valence-electron chi connectivity index (χ0n) is 32.2. The van der Waals surface area contributed by atoms with E-state index in [9.17, 15) is 0 Å². The third kappa shape index (κ3) is 6.36. The molecule has 0 saturated carbocycles. The quantitative estimate of drug-likeness (QED) is 0.152. The fourth-order valence-corrected chi connectivity index (χ4v) is 8.51. The van der Waals surface area contributed by atoms with Gasteiger partial charge in [0.1, 0.15) is 5.65 Å². The molecule has 11 aromatic rings. The molecule has 0 radical (unpaired) electrons. The molecule has 3 nitrogen and oxygen atoms in total. The first-order valence-electron chi connectivity index (χ1n) is 20.1. The van der Waals surface area contributed by atoms with Crippen LogP contribution in [0.2, 0.25) is 0 Å². The number of hydrogen-bond donors (Lipinski definition) is 0. The van der Waals surface area contributed by atoms with Gasteiger partial charge in [0.25, 0.3) is 0 Å². The minimum absolute atomic E-state index is 0.922. The molecular weight excluding hydrogens is 715 g/mol. The van der Waals surface area contributed by atoms with Crippen LogP contribution in [0.4, 0.5) is 0 Å². The van der Waals surface area contributed by atoms with Crippen molar-refractivity contribution in [2.45, 2.75) is 0 Å². The molecule has 0 aliphatic carbocycles. The molecule has 3 heterocycles. The van der Waals surface area contributed by atoms with Gasteiger partial charge >= 0.3 is 0 Å². The topological polar surface area (TPSA) is 30.2 Å². The normalized spacial score (nSPS) is 11.4. The van der Waals surface area contributed by atoms with Crippen LogP contribution in [0.3, 0.4) is 0 Å². The molecule has 8 aromatic carbocycles. The van der Waals surface area contributed by atoms with Crippen LogP contribution in [-0.2, 0) is 0 Å². The van der Waals surface area contributed by atoms with Crippen molar-refractivity contribution in [3.63, 3.8) is 0 Å². The number of benzene rings is 8. The highest BCUT2D eigenvalue weighted by Crippen LogP contribution is 2.41. The summed E-state index contributed by atoms with van der Waals surface area (Å²) in [6, 6.07) is 77.9. The SMILES string of the molecule is c1ccc(-c2cc(-c3ccccc3)nc(-c3cc(-c4ccc(-c5c(-c6ccccc6)nc6ccccn56)cc4)cc(-c4cc5ccccc5c5ccccc45)c3)c2)cc1. The van der Waals surface area contributed by atoms with E-state index in [0.717, 1.165) is 78.5 Å². The third-order valence-corrected chi connectivity index (χ3v) is 11.4. The summed E-state index contributed by atoms with van der Waals surface area (Å²) in [6.45, 7) is 0. The molecule has 0 atom stereocenters. The number of rotatable bonds is 7. The lowest BCUT2D eigenvalue weighted by Gasteiger charge is -2.16. The predicted molar refractivity (Wildman–Crippen MR) is 246 cm³/mol. The zero-order valence-corrected chi connectivity index (χ0v) is 32.2. The molecule has 276 valence electrons. The van der Waals surface area contributed by atoms with Crippen LogP contribution < -0.4 is 0 Å². The third-order valence-electron chi connectivity index (χ3n) is 11.4. The van der Waals surface area contributed by atoms with E-state index < -0.39 is 0 Å². The summed E-state index contributed by atoms with van der Waals surface area (Å²) in [6.07, 6.45) is 2.10. The highest BCUT2D eigenvalue weighted by Gasteiger charge is 2.18. The molecule has 0 amide bonds. The first-order valence-corrected chi connectivity index (χ1v) is 20.1. The Labute approximate surface area is 343 Å². The van der Waals surface area contributed by atoms with Crippen molar-refractivity contribution in [1.29, 1.82) is 0 Å². The van der Waals surface area contributed by atoms with E-state index >= 15 is 0 Å². The van der Waals surface area contributed by atoms with Gasteiger partial charge in [0.2, 0.25) is 0 Å². The Bertz CT molecular complexity index is 3240. The van der Waals surface area contributed by atoms with Gasteiger partial charge in [-0.3, -0.25) is 4.40 Å². The van der Waals surface area contributed by atoms with E-state index in [1.807, 2.05) is 12.1 Å². The van der Waals surface area contributed by atoms with Gasteiger partial charge in [0.15, 0.2) is 0 Å². The van der Waals surface area contributed by atoms with E-state index in [1.165, 1.54) is 27.1 Å². The predicted octanol–water partition coefficient (Wildman–Crippen LogP) is 14.7. The molecule has 3 heteroatoms. The Hall–Kier alpha value is -7.88. The van der Waals surface area contributed by atoms with Crippen molar-refractivity contribution in [1.82, 2.24) is 14.4 Å². The highest BCUT2D eigenvalue weighted by atomic mass is 15.0. The van der Waals surface area contributed by atoms with E-state index in [2.05, 4.69) is 217 Å². The Morgan fingerprint density at radius 1 is 0.305 bits per heavy atom. The second-order valence-electron chi connectivity index (χ2n) is 15.0. The summed E-state index contributed by atoms with van der Waals surface area (Å²) in [5, 5.41) is 4.94. The molecule has 11 rings (SSSR count). The van der Waals surface area contributed by atoms with Gasteiger partial charge in [-0.2, -0.15) is 0 Å². The van der Waals surface area contributed by atoms with Crippen LogP contribution in [-0.4, -0.2) is 14.4 Å². The number of pyridine rings is 2. The Morgan fingerprint density at radius 3 is 1.58 bits per heavy atom. The Kier molecular flexibility index (Phi) is 8.49. The average Bonchev–Trinajstić information content (AvgIpc) is 3.72. The maximum atomic E-state index is 5.39. The minimum Gasteiger partial charge on any atom is -0.299 e. The van der Waals surface area contributed by atoms with Crippen LogP contribution in [0, 0.1) is 0 Å². The molecule has 0 bridgehead atoms. The van der Waals surface area contributed by atoms with Crippen LogP contribution in [0.25, 0.3) is 106 Å². The van der Waals surface area contributed by atoms with Crippen LogP contribution in [0.15, 0.2) is 225 Å². The molecule has 59 heavy (non-hydrogen) atoms. The maximum Gasteiger partial charge on any atom is 0.137 e. The van der Waals surface area contributed by atoms with E-state index in [-0.39, 0.29) is 0 Å². The Morgan fingerprint density at radius 2 is 0.831 bits per heavy atom. The molecule has 0 spiro atoms. The summed E-state index contributed by atoms with van der Waals surface area (Å²) < 4.78 is 2.19. The van der Waals surface area contributed by atoms with Gasteiger partial charge in [-0.05, 0) is 103 Å². The molecule has 3 aromatic heterocycles. The summed E-state index contributed by atoms with van der Waals surface area (Å²) in [5.74, 6) is 0. The lowest BCUT2D eigenvalue weighted by molar-refractivity contribution is 1.19. The van der Waals surface area contributed by atoms with Gasteiger partial charge < -0.3 is 0 Å². The first-order chi connectivity index (χ1) is 29.2. The maximum absolute atomic E-state index is 5.39. The van der Waals surface area contributed by atoms with Crippen molar-refractivity contribution < 1.29 is 0 Å². The van der Waals surface area contributed by atoms with Crippen molar-refractivity contribution in [2.24, 2.45) is 0 Å². The number of imidazole rings is 1. The summed E-state index contributed by atoms with van der Waals surface area (Å²) >= 11 is 0. The van der Waals surface area contributed by atoms with Gasteiger partial charge in [0.05, 0.1) is 22.8 Å². The molecular formula is C56H37N3. The lowest BCUT2D eigenvalue weighted by Crippen LogP contribution is -1.93. The standard InChI is InChI=1S/C56H37N3/c1-4-16-38(17-5-1)45-36-52(40-18-6-2-7-19-40)57-53(37-45)47-33-44(32-46(34-47)51-35-43-22-10-11-23-48(43)49-24-12-13-25-50(49)51)39-27-29-42(30-28-39)56-55(41-20-8-3-9-21-41)58-54-26-14-15-31-59(54)56/h1-37H. The fraction of sp³-hybridized carbons (Fsp3) is 0. The summed E-state index contributed by atoms with van der Waals surface area (Å²) in [4.78, 5) is 10.5. The molecule has 0 unspecified atom stereocenters. The van der Waals surface area contributed by atoms with E-state index in [1.54, 1.807) is 0 Å². The molecule has 0 N–H and O–H groups in total. The van der Waals surface area contributed by atoms with Gasteiger partial charge in [-0.25, -0.2) is 9.97 Å². The smallest absolute Gasteiger partial charge is 0.137 e. The number of aromatic nitrogens is 3. The van der Waals surface area contributed by atoms with Crippen LogP contribution in [0.5, 0.6) is 0 Å². The molecule has 0 fully saturated rings. The number of hydrogen-bond acceptors (Lipinski definition) is 2. The molecule has 0 aliphatic heterocycles. The fourth-order valence-electron chi connectivity index (χ4n) is 8.51. The van der Waals surface area contributed by atoms with Gasteiger partial charge in [-0.15, -0.1) is 0 Å². The first kappa shape index (κ1) is 34.4. The number of fused-ring (bicyclic) bond motifs is 4. The van der Waals surface area contributed by atoms with Gasteiger partial charge in [-0.1, -0.05) is 170 Å². The van der Waals surface area contributed by atoms with Gasteiger partial charge in [0, 0.05) is 28.5 Å².